The van der Waals surface area contributed by atoms with Crippen molar-refractivity contribution in [3.63, 3.8) is 0 Å². The number of anilines is 1. The number of aromatic nitrogens is 1. The van der Waals surface area contributed by atoms with Crippen LogP contribution in [0.25, 0.3) is 27.6 Å². The lowest BCUT2D eigenvalue weighted by Crippen LogP contribution is -2.39. The summed E-state index contributed by atoms with van der Waals surface area (Å²) in [5.41, 5.74) is 11.1. The number of piperidine rings is 2. The molecule has 0 bridgehead atoms. The minimum atomic E-state index is -0.533. The molecule has 0 spiro atoms. The Morgan fingerprint density at radius 3 is 2.34 bits per heavy atom. The van der Waals surface area contributed by atoms with E-state index in [1.165, 1.54) is 11.0 Å². The molecule has 0 saturated carbocycles. The third kappa shape index (κ3) is 7.20. The summed E-state index contributed by atoms with van der Waals surface area (Å²) in [6.45, 7) is 2.40. The van der Waals surface area contributed by atoms with Crippen LogP contribution in [0.2, 0.25) is 0 Å². The van der Waals surface area contributed by atoms with E-state index in [1.54, 1.807) is 37.2 Å². The first-order valence-corrected chi connectivity index (χ1v) is 18.2. The Labute approximate surface area is 307 Å². The van der Waals surface area contributed by atoms with Crippen LogP contribution >= 0.6 is 0 Å². The molecule has 4 amide bonds. The second-order valence-electron chi connectivity index (χ2n) is 14.4. The van der Waals surface area contributed by atoms with E-state index in [-0.39, 0.29) is 72.5 Å². The number of halogens is 2. The summed E-state index contributed by atoms with van der Waals surface area (Å²) in [6, 6.07) is 16.7. The molecule has 10 nitrogen and oxygen atoms in total. The number of hydrogen-bond acceptors (Lipinski definition) is 6. The van der Waals surface area contributed by atoms with Crippen LogP contribution in [0, 0.1) is 11.6 Å². The monoisotopic (exact) mass is 722 g/mol. The third-order valence-electron chi connectivity index (χ3n) is 10.8. The number of nitrogens with zero attached hydrogens (tertiary/aromatic N) is 3. The molecule has 4 N–H and O–H groups in total. The quantitative estimate of drug-likeness (QED) is 0.201. The summed E-state index contributed by atoms with van der Waals surface area (Å²) in [7, 11) is 3.30. The van der Waals surface area contributed by atoms with E-state index >= 15 is 8.78 Å². The van der Waals surface area contributed by atoms with Gasteiger partial charge in [-0.1, -0.05) is 36.4 Å². The summed E-state index contributed by atoms with van der Waals surface area (Å²) in [5.74, 6) is -2.13. The number of rotatable bonds is 8. The molecule has 7 rings (SSSR count). The van der Waals surface area contributed by atoms with Gasteiger partial charge in [0.1, 0.15) is 11.5 Å². The number of fused-ring (bicyclic) bond motifs is 1. The predicted octanol–water partition coefficient (Wildman–Crippen LogP) is 5.68. The van der Waals surface area contributed by atoms with Crippen LogP contribution in [0.1, 0.15) is 77.5 Å². The molecule has 0 radical (unpaired) electrons. The Bertz CT molecular complexity index is 2120. The first kappa shape index (κ1) is 36.0. The Morgan fingerprint density at radius 2 is 1.66 bits per heavy atom. The Morgan fingerprint density at radius 1 is 0.925 bits per heavy atom. The van der Waals surface area contributed by atoms with E-state index in [2.05, 4.69) is 22.4 Å². The Balaban J connectivity index is 1.11. The molecule has 2 fully saturated rings. The molecule has 3 aliphatic heterocycles. The maximum absolute atomic E-state index is 16.3. The lowest BCUT2D eigenvalue weighted by atomic mass is 9.87. The standard InChI is InChI=1S/C41H44F2N6O4/c1-47(2)41(53)34-22-32-30(21-31(38(43)39(32)45-34)28-4-3-17-49(23-28)37(51)13-16-44)26-7-5-24(6-8-26)25-14-18-48(19-15-25)35-11-9-27(20-33(35)42)29-10-12-36(50)46-40(29)52/h4-9,11,20-22,25,29,45H,3,10,12-19,23,44H2,1-2H3,(H,46,50,52). The molecule has 1 atom stereocenters. The second kappa shape index (κ2) is 14.9. The highest BCUT2D eigenvalue weighted by atomic mass is 19.1. The highest BCUT2D eigenvalue weighted by molar-refractivity contribution is 6.04. The summed E-state index contributed by atoms with van der Waals surface area (Å²) in [4.78, 5) is 57.7. The number of carbonyl (C=O) groups is 4. The molecule has 276 valence electrons. The van der Waals surface area contributed by atoms with Crippen LogP contribution in [0.5, 0.6) is 0 Å². The molecular weight excluding hydrogens is 678 g/mol. The summed E-state index contributed by atoms with van der Waals surface area (Å²) in [5, 5.41) is 2.94. The fourth-order valence-electron chi connectivity index (χ4n) is 7.92. The zero-order valence-corrected chi connectivity index (χ0v) is 30.0. The van der Waals surface area contributed by atoms with Gasteiger partial charge in [-0.25, -0.2) is 8.78 Å². The van der Waals surface area contributed by atoms with Crippen molar-refractivity contribution in [2.24, 2.45) is 5.73 Å². The van der Waals surface area contributed by atoms with Gasteiger partial charge < -0.3 is 25.4 Å². The lowest BCUT2D eigenvalue weighted by molar-refractivity contribution is -0.134. The van der Waals surface area contributed by atoms with Crippen LogP contribution in [0.15, 0.2) is 60.7 Å². The van der Waals surface area contributed by atoms with Crippen LogP contribution in [-0.4, -0.2) is 85.2 Å². The lowest BCUT2D eigenvalue weighted by Gasteiger charge is -2.34. The molecular formula is C41H44F2N6O4. The highest BCUT2D eigenvalue weighted by Crippen LogP contribution is 2.39. The maximum Gasteiger partial charge on any atom is 0.269 e. The fourth-order valence-corrected chi connectivity index (χ4v) is 7.92. The van der Waals surface area contributed by atoms with E-state index < -0.39 is 11.7 Å². The average Bonchev–Trinajstić information content (AvgIpc) is 3.61. The number of H-pyrrole nitrogens is 1. The van der Waals surface area contributed by atoms with E-state index in [0.717, 1.165) is 29.5 Å². The minimum Gasteiger partial charge on any atom is -0.369 e. The van der Waals surface area contributed by atoms with Crippen LogP contribution < -0.4 is 16.0 Å². The third-order valence-corrected chi connectivity index (χ3v) is 10.8. The van der Waals surface area contributed by atoms with Gasteiger partial charge in [0.05, 0.1) is 17.1 Å². The van der Waals surface area contributed by atoms with Gasteiger partial charge in [-0.05, 0) is 83.7 Å². The topological polar surface area (TPSA) is 132 Å². The number of imide groups is 1. The molecule has 1 unspecified atom stereocenters. The molecule has 3 aromatic carbocycles. The van der Waals surface area contributed by atoms with Gasteiger partial charge in [-0.2, -0.15) is 0 Å². The number of hydrogen-bond donors (Lipinski definition) is 3. The zero-order valence-electron chi connectivity index (χ0n) is 30.0. The van der Waals surface area contributed by atoms with Crippen molar-refractivity contribution in [1.82, 2.24) is 20.1 Å². The van der Waals surface area contributed by atoms with Crippen molar-refractivity contribution >= 4 is 45.8 Å². The van der Waals surface area contributed by atoms with Gasteiger partial charge in [0.25, 0.3) is 5.91 Å². The number of carbonyl (C=O) groups excluding carboxylic acids is 4. The van der Waals surface area contributed by atoms with Crippen molar-refractivity contribution in [3.8, 4) is 11.1 Å². The highest BCUT2D eigenvalue weighted by Gasteiger charge is 2.30. The SMILES string of the molecule is CN(C)C(=O)c1cc2c(-c3ccc(C4CCN(c5ccc(C6CCC(=O)NC6=O)cc5F)CC4)cc3)cc(C3=CCCN(C(=O)CCN)C3)c(F)c2[nH]1. The normalized spacial score (nSPS) is 18.3. The molecule has 4 aromatic rings. The minimum absolute atomic E-state index is 0.0622. The molecule has 4 heterocycles. The number of aromatic amines is 1. The first-order chi connectivity index (χ1) is 25.5. The second-order valence-corrected chi connectivity index (χ2v) is 14.4. The van der Waals surface area contributed by atoms with Gasteiger partial charge in [0.15, 0.2) is 5.82 Å². The van der Waals surface area contributed by atoms with Crippen molar-refractivity contribution in [2.75, 3.05) is 51.7 Å². The van der Waals surface area contributed by atoms with Crippen LogP contribution in [0.4, 0.5) is 14.5 Å². The Hall–Kier alpha value is -5.36. The van der Waals surface area contributed by atoms with Crippen molar-refractivity contribution < 1.29 is 28.0 Å². The number of amides is 4. The van der Waals surface area contributed by atoms with E-state index in [9.17, 15) is 19.2 Å². The van der Waals surface area contributed by atoms with Gasteiger partial charge in [0, 0.05) is 70.6 Å². The molecule has 53 heavy (non-hydrogen) atoms. The number of nitrogens with two attached hydrogens (primary N) is 1. The Kier molecular flexibility index (Phi) is 10.2. The largest absolute Gasteiger partial charge is 0.369 e. The van der Waals surface area contributed by atoms with Gasteiger partial charge in [-0.15, -0.1) is 0 Å². The van der Waals surface area contributed by atoms with Crippen LogP contribution in [-0.2, 0) is 14.4 Å². The van der Waals surface area contributed by atoms with E-state index in [4.69, 9.17) is 5.73 Å². The number of nitrogens with one attached hydrogen (secondary N) is 2. The maximum atomic E-state index is 16.3. The van der Waals surface area contributed by atoms with Crippen molar-refractivity contribution in [1.29, 1.82) is 0 Å². The van der Waals surface area contributed by atoms with Gasteiger partial charge in [0.2, 0.25) is 17.7 Å². The molecule has 3 aliphatic rings. The molecule has 12 heteroatoms. The van der Waals surface area contributed by atoms with E-state index in [1.807, 2.05) is 29.2 Å². The first-order valence-electron chi connectivity index (χ1n) is 18.2. The van der Waals surface area contributed by atoms with Crippen molar-refractivity contribution in [3.05, 3.63) is 94.7 Å². The average molecular weight is 723 g/mol. The molecule has 0 aliphatic carbocycles. The van der Waals surface area contributed by atoms with Gasteiger partial charge in [-0.3, -0.25) is 24.5 Å². The summed E-state index contributed by atoms with van der Waals surface area (Å²) < 4.78 is 31.7. The van der Waals surface area contributed by atoms with Gasteiger partial charge >= 0.3 is 0 Å². The molecule has 1 aromatic heterocycles. The smallest absolute Gasteiger partial charge is 0.269 e. The summed E-state index contributed by atoms with van der Waals surface area (Å²) >= 11 is 0. The molecule has 2 saturated heterocycles. The number of benzene rings is 3. The van der Waals surface area contributed by atoms with Crippen molar-refractivity contribution in [2.45, 2.75) is 50.4 Å². The summed E-state index contributed by atoms with van der Waals surface area (Å²) in [6.07, 6.45) is 5.06. The van der Waals surface area contributed by atoms with Crippen LogP contribution in [0.3, 0.4) is 0 Å². The predicted molar refractivity (Wildman–Crippen MR) is 200 cm³/mol. The van der Waals surface area contributed by atoms with E-state index in [0.29, 0.717) is 60.2 Å². The fraction of sp³-hybridized carbons (Fsp3) is 0.366. The zero-order chi connectivity index (χ0) is 37.4.